The first-order valence-corrected chi connectivity index (χ1v) is 11.8. The van der Waals surface area contributed by atoms with E-state index in [0.29, 0.717) is 17.8 Å². The van der Waals surface area contributed by atoms with Gasteiger partial charge in [-0.2, -0.15) is 0 Å². The highest BCUT2D eigenvalue weighted by Gasteiger charge is 2.55. The maximum atomic E-state index is 13.1. The number of carbonyl (C=O) groups is 1. The van der Waals surface area contributed by atoms with Gasteiger partial charge in [-0.05, 0) is 101 Å². The Bertz CT molecular complexity index is 712. The molecule has 1 aromatic rings. The van der Waals surface area contributed by atoms with E-state index in [2.05, 4.69) is 47.5 Å². The summed E-state index contributed by atoms with van der Waals surface area (Å²) in [6.07, 6.45) is 8.69. The van der Waals surface area contributed by atoms with E-state index in [-0.39, 0.29) is 18.0 Å². The topological polar surface area (TPSA) is 52.6 Å². The maximum Gasteiger partial charge on any atom is 0.237 e. The minimum absolute atomic E-state index is 0.0482. The van der Waals surface area contributed by atoms with E-state index < -0.39 is 5.60 Å². The van der Waals surface area contributed by atoms with E-state index in [0.717, 1.165) is 44.7 Å². The van der Waals surface area contributed by atoms with E-state index in [1.54, 1.807) is 0 Å². The van der Waals surface area contributed by atoms with Crippen molar-refractivity contribution in [1.82, 2.24) is 10.2 Å². The fraction of sp³-hybridized carbons (Fsp3) is 0.720. The fourth-order valence-corrected chi connectivity index (χ4v) is 7.16. The van der Waals surface area contributed by atoms with E-state index >= 15 is 0 Å². The van der Waals surface area contributed by atoms with Gasteiger partial charge in [-0.25, -0.2) is 0 Å². The summed E-state index contributed by atoms with van der Waals surface area (Å²) in [7, 11) is 0. The van der Waals surface area contributed by atoms with Crippen LogP contribution in [0.3, 0.4) is 0 Å². The van der Waals surface area contributed by atoms with Crippen LogP contribution < -0.4 is 5.32 Å². The van der Waals surface area contributed by atoms with Crippen LogP contribution in [0, 0.1) is 23.7 Å². The Morgan fingerprint density at radius 1 is 1.14 bits per heavy atom. The lowest BCUT2D eigenvalue weighted by molar-refractivity contribution is -0.148. The molecule has 6 rings (SSSR count). The average Bonchev–Trinajstić information content (AvgIpc) is 2.70. The van der Waals surface area contributed by atoms with Crippen molar-refractivity contribution in [3.63, 3.8) is 0 Å². The molecule has 1 aromatic carbocycles. The Kier molecular flexibility index (Phi) is 5.19. The third-order valence-electron chi connectivity index (χ3n) is 8.49. The van der Waals surface area contributed by atoms with Gasteiger partial charge < -0.3 is 10.4 Å². The van der Waals surface area contributed by atoms with Crippen molar-refractivity contribution in [2.45, 2.75) is 76.0 Å². The number of benzene rings is 1. The van der Waals surface area contributed by atoms with Crippen LogP contribution in [0.15, 0.2) is 30.3 Å². The van der Waals surface area contributed by atoms with E-state index in [4.69, 9.17) is 0 Å². The molecule has 1 saturated heterocycles. The number of aliphatic hydroxyl groups is 1. The maximum absolute atomic E-state index is 13.1. The van der Waals surface area contributed by atoms with Gasteiger partial charge in [0, 0.05) is 6.04 Å². The number of carbonyl (C=O) groups excluding carboxylic acids is 1. The molecule has 4 nitrogen and oxygen atoms in total. The van der Waals surface area contributed by atoms with Gasteiger partial charge in [-0.1, -0.05) is 30.3 Å². The van der Waals surface area contributed by atoms with Gasteiger partial charge >= 0.3 is 0 Å². The Morgan fingerprint density at radius 2 is 1.79 bits per heavy atom. The van der Waals surface area contributed by atoms with Gasteiger partial charge in [0.25, 0.3) is 0 Å². The lowest BCUT2D eigenvalue weighted by Gasteiger charge is -2.58. The molecule has 4 bridgehead atoms. The summed E-state index contributed by atoms with van der Waals surface area (Å²) >= 11 is 0. The highest BCUT2D eigenvalue weighted by Crippen LogP contribution is 2.55. The number of hydrogen-bond donors (Lipinski definition) is 2. The van der Waals surface area contributed by atoms with Crippen LogP contribution in [-0.4, -0.2) is 46.7 Å². The molecule has 158 valence electrons. The first-order chi connectivity index (χ1) is 14.0. The normalized spacial score (nSPS) is 38.1. The van der Waals surface area contributed by atoms with E-state index in [9.17, 15) is 9.90 Å². The van der Waals surface area contributed by atoms with Crippen molar-refractivity contribution in [1.29, 1.82) is 0 Å². The quantitative estimate of drug-likeness (QED) is 0.802. The van der Waals surface area contributed by atoms with Crippen LogP contribution in [0.5, 0.6) is 0 Å². The summed E-state index contributed by atoms with van der Waals surface area (Å²) < 4.78 is 0. The predicted molar refractivity (Wildman–Crippen MR) is 114 cm³/mol. The SMILES string of the molecule is CC(C(=O)NC1C2CC3CC1CC(O)(C3)C2)N1CCC(Cc2ccccc2)CC1. The van der Waals surface area contributed by atoms with Gasteiger partial charge in [0.1, 0.15) is 0 Å². The zero-order valence-corrected chi connectivity index (χ0v) is 17.7. The molecule has 4 heteroatoms. The molecule has 1 heterocycles. The average molecular weight is 397 g/mol. The Balaban J connectivity index is 1.13. The van der Waals surface area contributed by atoms with Crippen LogP contribution in [0.1, 0.15) is 57.4 Å². The lowest BCUT2D eigenvalue weighted by Crippen LogP contribution is -2.63. The number of nitrogens with one attached hydrogen (secondary N) is 1. The molecule has 3 unspecified atom stereocenters. The van der Waals surface area contributed by atoms with Crippen LogP contribution in [-0.2, 0) is 11.2 Å². The minimum Gasteiger partial charge on any atom is -0.390 e. The minimum atomic E-state index is -0.427. The molecule has 0 radical (unpaired) electrons. The molecule has 0 spiro atoms. The van der Waals surface area contributed by atoms with Crippen molar-refractivity contribution >= 4 is 5.91 Å². The summed E-state index contributed by atoms with van der Waals surface area (Å²) in [6, 6.07) is 11.0. The third kappa shape index (κ3) is 3.98. The highest BCUT2D eigenvalue weighted by atomic mass is 16.3. The Hall–Kier alpha value is -1.39. The summed E-state index contributed by atoms with van der Waals surface area (Å²) in [5, 5.41) is 14.2. The van der Waals surface area contributed by atoms with Crippen molar-refractivity contribution in [3.05, 3.63) is 35.9 Å². The Labute approximate surface area is 175 Å². The molecule has 4 saturated carbocycles. The summed E-state index contributed by atoms with van der Waals surface area (Å²) in [4.78, 5) is 15.4. The molecule has 2 N–H and O–H groups in total. The predicted octanol–water partition coefficient (Wildman–Crippen LogP) is 3.39. The molecule has 1 amide bonds. The van der Waals surface area contributed by atoms with Gasteiger partial charge in [-0.15, -0.1) is 0 Å². The number of piperidine rings is 1. The smallest absolute Gasteiger partial charge is 0.237 e. The molecule has 5 aliphatic rings. The van der Waals surface area contributed by atoms with E-state index in [1.807, 2.05) is 0 Å². The van der Waals surface area contributed by atoms with Crippen molar-refractivity contribution in [3.8, 4) is 0 Å². The zero-order valence-electron chi connectivity index (χ0n) is 17.7. The number of hydrogen-bond acceptors (Lipinski definition) is 3. The second-order valence-corrected chi connectivity index (χ2v) is 10.6. The Morgan fingerprint density at radius 3 is 2.41 bits per heavy atom. The summed E-state index contributed by atoms with van der Waals surface area (Å²) in [5.41, 5.74) is 1.00. The van der Waals surface area contributed by atoms with Gasteiger partial charge in [0.05, 0.1) is 11.6 Å². The number of nitrogens with zero attached hydrogens (tertiary/aromatic N) is 1. The van der Waals surface area contributed by atoms with Crippen LogP contribution in [0.4, 0.5) is 0 Å². The number of likely N-dealkylation sites (tertiary alicyclic amines) is 1. The fourth-order valence-electron chi connectivity index (χ4n) is 7.16. The monoisotopic (exact) mass is 396 g/mol. The van der Waals surface area contributed by atoms with Crippen molar-refractivity contribution in [2.75, 3.05) is 13.1 Å². The van der Waals surface area contributed by atoms with Gasteiger partial charge in [-0.3, -0.25) is 9.69 Å². The zero-order chi connectivity index (χ0) is 20.0. The second-order valence-electron chi connectivity index (χ2n) is 10.6. The molecule has 1 aliphatic heterocycles. The molecule has 5 fully saturated rings. The largest absolute Gasteiger partial charge is 0.390 e. The standard InChI is InChI=1S/C25H36N2O2/c1-17(27-9-7-19(8-10-27)11-18-5-3-2-4-6-18)24(28)26-23-21-12-20-13-22(23)16-25(29,14-20)15-21/h2-6,17,19-23,29H,7-16H2,1H3,(H,26,28). The van der Waals surface area contributed by atoms with Gasteiger partial charge in [0.15, 0.2) is 0 Å². The van der Waals surface area contributed by atoms with Crippen molar-refractivity contribution < 1.29 is 9.90 Å². The van der Waals surface area contributed by atoms with Crippen LogP contribution >= 0.6 is 0 Å². The van der Waals surface area contributed by atoms with Crippen LogP contribution in [0.2, 0.25) is 0 Å². The molecule has 3 atom stereocenters. The number of amides is 1. The van der Waals surface area contributed by atoms with Gasteiger partial charge in [0.2, 0.25) is 5.91 Å². The summed E-state index contributed by atoms with van der Waals surface area (Å²) in [6.45, 7) is 4.12. The first-order valence-electron chi connectivity index (χ1n) is 11.8. The molecule has 0 aromatic heterocycles. The number of rotatable bonds is 5. The third-order valence-corrected chi connectivity index (χ3v) is 8.49. The molecule has 29 heavy (non-hydrogen) atoms. The summed E-state index contributed by atoms with van der Waals surface area (Å²) in [5.74, 6) is 2.59. The van der Waals surface area contributed by atoms with Crippen LogP contribution in [0.25, 0.3) is 0 Å². The highest BCUT2D eigenvalue weighted by molar-refractivity contribution is 5.81. The second kappa shape index (κ2) is 7.70. The lowest BCUT2D eigenvalue weighted by atomic mass is 9.52. The van der Waals surface area contributed by atoms with Crippen molar-refractivity contribution in [2.24, 2.45) is 23.7 Å². The molecular weight excluding hydrogens is 360 g/mol. The first kappa shape index (κ1) is 19.6. The van der Waals surface area contributed by atoms with E-state index in [1.165, 1.54) is 31.2 Å². The molecule has 4 aliphatic carbocycles. The molecular formula is C25H36N2O2.